The average Bonchev–Trinajstić information content (AvgIpc) is 2.98. The largest absolute Gasteiger partial charge is 0.394 e. The molecule has 1 aromatic rings. The maximum atomic E-state index is 11.9. The second-order valence-electron chi connectivity index (χ2n) is 4.60. The van der Waals surface area contributed by atoms with E-state index in [0.29, 0.717) is 6.61 Å². The zero-order valence-electron chi connectivity index (χ0n) is 11.3. The van der Waals surface area contributed by atoms with Crippen LogP contribution >= 0.6 is 0 Å². The molecule has 0 radical (unpaired) electrons. The van der Waals surface area contributed by atoms with E-state index in [1.54, 1.807) is 6.92 Å². The van der Waals surface area contributed by atoms with Gasteiger partial charge in [-0.15, -0.1) is 0 Å². The third-order valence-corrected chi connectivity index (χ3v) is 3.32. The second-order valence-corrected chi connectivity index (χ2v) is 4.60. The van der Waals surface area contributed by atoms with Gasteiger partial charge in [0.2, 0.25) is 5.95 Å². The third-order valence-electron chi connectivity index (χ3n) is 3.32. The van der Waals surface area contributed by atoms with Crippen molar-refractivity contribution in [2.24, 2.45) is 0 Å². The molecule has 10 nitrogen and oxygen atoms in total. The number of nitrogens with zero attached hydrogens (tertiary/aromatic N) is 3. The van der Waals surface area contributed by atoms with Gasteiger partial charge in [-0.3, -0.25) is 4.57 Å². The van der Waals surface area contributed by atoms with Crippen molar-refractivity contribution >= 4 is 5.95 Å². The minimum absolute atomic E-state index is 0.125. The number of anilines is 1. The number of ether oxygens (including phenoxy) is 4. The lowest BCUT2D eigenvalue weighted by atomic mass is 10.1. The number of aliphatic hydroxyl groups excluding tert-OH is 1. The van der Waals surface area contributed by atoms with Crippen molar-refractivity contribution in [2.75, 3.05) is 18.9 Å². The summed E-state index contributed by atoms with van der Waals surface area (Å²) in [7, 11) is 0. The quantitative estimate of drug-likeness (QED) is 0.662. The molecular formula is C11H16N4O6. The molecule has 0 aromatic carbocycles. The minimum Gasteiger partial charge on any atom is -0.394 e. The number of fused-ring (bicyclic) bond motifs is 1. The van der Waals surface area contributed by atoms with Crippen LogP contribution in [0.3, 0.4) is 0 Å². The normalized spacial score (nSPS) is 35.0. The van der Waals surface area contributed by atoms with Gasteiger partial charge in [-0.25, -0.2) is 9.78 Å². The van der Waals surface area contributed by atoms with Gasteiger partial charge >= 0.3 is 5.69 Å². The summed E-state index contributed by atoms with van der Waals surface area (Å²) >= 11 is 0. The number of aromatic nitrogens is 3. The maximum Gasteiger partial charge on any atom is 0.354 e. The fraction of sp³-hybridized carbons (Fsp3) is 0.727. The Hall–Kier alpha value is -1.59. The van der Waals surface area contributed by atoms with Gasteiger partial charge in [0.15, 0.2) is 6.23 Å². The van der Waals surface area contributed by atoms with Gasteiger partial charge in [-0.05, 0) is 6.92 Å². The van der Waals surface area contributed by atoms with Crippen molar-refractivity contribution in [1.82, 2.24) is 14.5 Å². The number of rotatable bonds is 4. The Morgan fingerprint density at radius 2 is 2.19 bits per heavy atom. The molecule has 2 aliphatic rings. The van der Waals surface area contributed by atoms with Crippen LogP contribution in [-0.2, 0) is 18.9 Å². The van der Waals surface area contributed by atoms with Crippen LogP contribution in [0.1, 0.15) is 13.2 Å². The van der Waals surface area contributed by atoms with Gasteiger partial charge in [0.25, 0.3) is 6.48 Å². The first-order valence-electron chi connectivity index (χ1n) is 6.53. The van der Waals surface area contributed by atoms with Gasteiger partial charge in [-0.1, -0.05) is 0 Å². The van der Waals surface area contributed by atoms with Gasteiger partial charge in [-0.2, -0.15) is 4.98 Å². The highest BCUT2D eigenvalue weighted by molar-refractivity contribution is 5.10. The van der Waals surface area contributed by atoms with Crippen LogP contribution in [0, 0.1) is 0 Å². The molecule has 0 bridgehead atoms. The fourth-order valence-corrected chi connectivity index (χ4v) is 2.42. The topological polar surface area (TPSA) is 131 Å². The summed E-state index contributed by atoms with van der Waals surface area (Å²) in [6.45, 7) is 1.08. The molecule has 10 heteroatoms. The molecule has 3 heterocycles. The summed E-state index contributed by atoms with van der Waals surface area (Å²) < 4.78 is 23.1. The molecule has 3 rings (SSSR count). The average molecular weight is 300 g/mol. The molecule has 2 fully saturated rings. The van der Waals surface area contributed by atoms with Crippen molar-refractivity contribution in [3.8, 4) is 0 Å². The molecule has 5 atom stereocenters. The molecular weight excluding hydrogens is 284 g/mol. The Bertz CT molecular complexity index is 566. The van der Waals surface area contributed by atoms with Crippen LogP contribution in [0.15, 0.2) is 11.1 Å². The minimum atomic E-state index is -0.851. The van der Waals surface area contributed by atoms with Gasteiger partial charge in [0, 0.05) is 6.61 Å². The van der Waals surface area contributed by atoms with Gasteiger partial charge in [0.1, 0.15) is 24.6 Å². The number of hydrogen-bond acceptors (Lipinski definition) is 9. The lowest BCUT2D eigenvalue weighted by Crippen LogP contribution is -2.35. The molecule has 2 aliphatic heterocycles. The first-order valence-corrected chi connectivity index (χ1v) is 6.53. The third kappa shape index (κ3) is 2.51. The van der Waals surface area contributed by atoms with E-state index in [4.69, 9.17) is 24.7 Å². The van der Waals surface area contributed by atoms with Crippen molar-refractivity contribution in [1.29, 1.82) is 0 Å². The monoisotopic (exact) mass is 300 g/mol. The predicted octanol–water partition coefficient (Wildman–Crippen LogP) is -1.79. The second kappa shape index (κ2) is 5.66. The van der Waals surface area contributed by atoms with Crippen LogP contribution in [0.4, 0.5) is 5.95 Å². The molecule has 3 N–H and O–H groups in total. The Morgan fingerprint density at radius 1 is 1.43 bits per heavy atom. The van der Waals surface area contributed by atoms with Crippen molar-refractivity contribution in [2.45, 2.75) is 37.9 Å². The highest BCUT2D eigenvalue weighted by atomic mass is 16.9. The van der Waals surface area contributed by atoms with Crippen LogP contribution in [0.2, 0.25) is 0 Å². The molecule has 2 saturated heterocycles. The smallest absolute Gasteiger partial charge is 0.354 e. The van der Waals surface area contributed by atoms with E-state index >= 15 is 0 Å². The standard InChI is InChI=1S/C11H16N4O6/c1-2-18-11-20-6-5(3-16)19-8(7(6)21-11)15-4-13-9(12)14-10(15)17/h4-8,11,16H,2-3H2,1H3,(H2,12,14,17)/t5-,6?,7?,8?,11?/m1/s1. The van der Waals surface area contributed by atoms with E-state index in [9.17, 15) is 9.90 Å². The SMILES string of the molecule is CCOC1OC2C(O1)[C@@H](CO)OC2n1cnc(N)nc1=O. The Labute approximate surface area is 119 Å². The molecule has 0 amide bonds. The number of aliphatic hydroxyl groups is 1. The Morgan fingerprint density at radius 3 is 2.86 bits per heavy atom. The van der Waals surface area contributed by atoms with E-state index in [0.717, 1.165) is 4.57 Å². The molecule has 4 unspecified atom stereocenters. The molecule has 1 aromatic heterocycles. The summed E-state index contributed by atoms with van der Waals surface area (Å²) in [5.74, 6) is -0.125. The molecule has 116 valence electrons. The summed E-state index contributed by atoms with van der Waals surface area (Å²) in [6, 6.07) is 0. The fourth-order valence-electron chi connectivity index (χ4n) is 2.42. The van der Waals surface area contributed by atoms with Crippen LogP contribution in [0.5, 0.6) is 0 Å². The van der Waals surface area contributed by atoms with E-state index in [2.05, 4.69) is 9.97 Å². The van der Waals surface area contributed by atoms with E-state index < -0.39 is 36.7 Å². The predicted molar refractivity (Wildman–Crippen MR) is 66.9 cm³/mol. The summed E-state index contributed by atoms with van der Waals surface area (Å²) in [6.07, 6.45) is -1.37. The first-order chi connectivity index (χ1) is 10.1. The van der Waals surface area contributed by atoms with Crippen molar-refractivity contribution < 1.29 is 24.1 Å². The lowest BCUT2D eigenvalue weighted by Gasteiger charge is -2.20. The summed E-state index contributed by atoms with van der Waals surface area (Å²) in [5, 5.41) is 9.37. The Balaban J connectivity index is 1.87. The van der Waals surface area contributed by atoms with Crippen LogP contribution in [-0.4, -0.2) is 57.6 Å². The molecule has 0 saturated carbocycles. The van der Waals surface area contributed by atoms with Crippen molar-refractivity contribution in [3.63, 3.8) is 0 Å². The number of hydrogen-bond donors (Lipinski definition) is 2. The highest BCUT2D eigenvalue weighted by Crippen LogP contribution is 2.38. The summed E-state index contributed by atoms with van der Waals surface area (Å²) in [5.41, 5.74) is 4.74. The van der Waals surface area contributed by atoms with Crippen LogP contribution in [0.25, 0.3) is 0 Å². The van der Waals surface area contributed by atoms with E-state index in [1.807, 2.05) is 0 Å². The van der Waals surface area contributed by atoms with E-state index in [-0.39, 0.29) is 12.6 Å². The zero-order chi connectivity index (χ0) is 15.0. The number of nitrogen functional groups attached to an aromatic ring is 1. The van der Waals surface area contributed by atoms with Gasteiger partial charge < -0.3 is 29.8 Å². The Kier molecular flexibility index (Phi) is 3.87. The van der Waals surface area contributed by atoms with Gasteiger partial charge in [0.05, 0.1) is 6.61 Å². The molecule has 0 aliphatic carbocycles. The van der Waals surface area contributed by atoms with E-state index in [1.165, 1.54) is 6.33 Å². The van der Waals surface area contributed by atoms with Crippen LogP contribution < -0.4 is 11.4 Å². The summed E-state index contributed by atoms with van der Waals surface area (Å²) in [4.78, 5) is 19.2. The molecule has 0 spiro atoms. The number of nitrogens with two attached hydrogens (primary N) is 1. The maximum absolute atomic E-state index is 11.9. The zero-order valence-corrected chi connectivity index (χ0v) is 11.3. The van der Waals surface area contributed by atoms with Crippen molar-refractivity contribution in [3.05, 3.63) is 16.8 Å². The lowest BCUT2D eigenvalue weighted by molar-refractivity contribution is -0.266. The highest BCUT2D eigenvalue weighted by Gasteiger charge is 2.54. The molecule has 21 heavy (non-hydrogen) atoms. The first kappa shape index (κ1) is 14.4.